The quantitative estimate of drug-likeness (QED) is 0.320. The summed E-state index contributed by atoms with van der Waals surface area (Å²) >= 11 is 1.75. The first-order valence-corrected chi connectivity index (χ1v) is 8.56. The van der Waals surface area contributed by atoms with E-state index in [4.69, 9.17) is 0 Å². The standard InChI is InChI=1S/C16H26N4S.HI/c1-12-15(21-13(2)20-12)11-19-16(17-3)18-10-9-14-7-5-4-6-8-14;/h7H,4-6,8-11H2,1-3H3,(H2,17,18,19);1H. The van der Waals surface area contributed by atoms with Gasteiger partial charge in [0.25, 0.3) is 0 Å². The highest BCUT2D eigenvalue weighted by Crippen LogP contribution is 2.19. The van der Waals surface area contributed by atoms with Crippen LogP contribution >= 0.6 is 35.3 Å². The molecule has 2 rings (SSSR count). The maximum absolute atomic E-state index is 4.45. The lowest BCUT2D eigenvalue weighted by molar-refractivity contribution is 0.665. The highest BCUT2D eigenvalue weighted by atomic mass is 127. The number of guanidine groups is 1. The molecule has 0 fully saturated rings. The number of aliphatic imine (C=N–C) groups is 1. The molecule has 4 nitrogen and oxygen atoms in total. The molecule has 0 saturated heterocycles. The van der Waals surface area contributed by atoms with Gasteiger partial charge in [0.1, 0.15) is 0 Å². The van der Waals surface area contributed by atoms with Crippen molar-refractivity contribution in [3.05, 3.63) is 27.2 Å². The molecule has 22 heavy (non-hydrogen) atoms. The highest BCUT2D eigenvalue weighted by Gasteiger charge is 2.06. The van der Waals surface area contributed by atoms with Crippen LogP contribution in [0.2, 0.25) is 0 Å². The van der Waals surface area contributed by atoms with E-state index in [0.29, 0.717) is 0 Å². The Morgan fingerprint density at radius 2 is 2.14 bits per heavy atom. The van der Waals surface area contributed by atoms with E-state index >= 15 is 0 Å². The number of rotatable bonds is 5. The van der Waals surface area contributed by atoms with Crippen LogP contribution in [0.15, 0.2) is 16.6 Å². The van der Waals surface area contributed by atoms with E-state index < -0.39 is 0 Å². The molecular formula is C16H27IN4S. The lowest BCUT2D eigenvalue weighted by Gasteiger charge is -2.15. The van der Waals surface area contributed by atoms with Crippen molar-refractivity contribution in [3.8, 4) is 0 Å². The first-order chi connectivity index (χ1) is 10.2. The predicted molar refractivity (Wildman–Crippen MR) is 106 cm³/mol. The van der Waals surface area contributed by atoms with Gasteiger partial charge in [0.05, 0.1) is 17.2 Å². The molecule has 0 aliphatic heterocycles. The SMILES string of the molecule is CN=C(NCCC1=CCCCC1)NCc1sc(C)nc1C.I. The molecule has 0 bridgehead atoms. The summed E-state index contributed by atoms with van der Waals surface area (Å²) in [6.45, 7) is 5.85. The molecule has 1 heterocycles. The minimum absolute atomic E-state index is 0. The zero-order valence-corrected chi connectivity index (χ0v) is 16.9. The fraction of sp³-hybridized carbons (Fsp3) is 0.625. The van der Waals surface area contributed by atoms with Crippen LogP contribution in [-0.2, 0) is 6.54 Å². The van der Waals surface area contributed by atoms with Crippen molar-refractivity contribution in [2.75, 3.05) is 13.6 Å². The summed E-state index contributed by atoms with van der Waals surface area (Å²) in [5.74, 6) is 0.872. The second-order valence-corrected chi connectivity index (χ2v) is 6.74. The minimum Gasteiger partial charge on any atom is -0.356 e. The monoisotopic (exact) mass is 434 g/mol. The number of hydrogen-bond acceptors (Lipinski definition) is 3. The molecule has 6 heteroatoms. The average Bonchev–Trinajstić information content (AvgIpc) is 2.81. The molecular weight excluding hydrogens is 407 g/mol. The molecule has 0 aromatic carbocycles. The van der Waals surface area contributed by atoms with E-state index in [0.717, 1.165) is 36.2 Å². The van der Waals surface area contributed by atoms with Crippen LogP contribution in [0.1, 0.15) is 47.7 Å². The van der Waals surface area contributed by atoms with Gasteiger partial charge in [-0.25, -0.2) is 4.98 Å². The van der Waals surface area contributed by atoms with Crippen molar-refractivity contribution in [3.63, 3.8) is 0 Å². The van der Waals surface area contributed by atoms with Crippen LogP contribution < -0.4 is 10.6 Å². The molecule has 0 unspecified atom stereocenters. The summed E-state index contributed by atoms with van der Waals surface area (Å²) in [7, 11) is 1.82. The van der Waals surface area contributed by atoms with Gasteiger partial charge in [-0.2, -0.15) is 0 Å². The van der Waals surface area contributed by atoms with Crippen LogP contribution in [0.25, 0.3) is 0 Å². The van der Waals surface area contributed by atoms with E-state index in [9.17, 15) is 0 Å². The number of thiazole rings is 1. The number of aromatic nitrogens is 1. The summed E-state index contributed by atoms with van der Waals surface area (Å²) in [6, 6.07) is 0. The Kier molecular flexibility index (Phi) is 9.00. The number of nitrogens with one attached hydrogen (secondary N) is 2. The molecule has 0 spiro atoms. The van der Waals surface area contributed by atoms with Gasteiger partial charge < -0.3 is 10.6 Å². The Bertz CT molecular complexity index is 522. The Labute approximate surface area is 154 Å². The normalized spacial score (nSPS) is 15.0. The molecule has 2 N–H and O–H groups in total. The molecule has 0 radical (unpaired) electrons. The molecule has 1 aliphatic rings. The van der Waals surface area contributed by atoms with Gasteiger partial charge >= 0.3 is 0 Å². The Morgan fingerprint density at radius 1 is 1.32 bits per heavy atom. The summed E-state index contributed by atoms with van der Waals surface area (Å²) < 4.78 is 0. The van der Waals surface area contributed by atoms with Crippen molar-refractivity contribution in [1.29, 1.82) is 0 Å². The zero-order valence-electron chi connectivity index (χ0n) is 13.7. The highest BCUT2D eigenvalue weighted by molar-refractivity contribution is 14.0. The number of allylic oxidation sites excluding steroid dienone is 1. The van der Waals surface area contributed by atoms with Crippen molar-refractivity contribution >= 4 is 41.3 Å². The Hall–Kier alpha value is -0.630. The van der Waals surface area contributed by atoms with Crippen LogP contribution in [0.3, 0.4) is 0 Å². The summed E-state index contributed by atoms with van der Waals surface area (Å²) in [4.78, 5) is 10.0. The Morgan fingerprint density at radius 3 is 2.73 bits per heavy atom. The van der Waals surface area contributed by atoms with E-state index in [1.165, 1.54) is 30.6 Å². The molecule has 0 amide bonds. The molecule has 1 aromatic rings. The predicted octanol–water partition coefficient (Wildman–Crippen LogP) is 3.93. The van der Waals surface area contributed by atoms with Gasteiger partial charge in [-0.15, -0.1) is 35.3 Å². The van der Waals surface area contributed by atoms with Crippen molar-refractivity contribution in [1.82, 2.24) is 15.6 Å². The fourth-order valence-electron chi connectivity index (χ4n) is 2.60. The average molecular weight is 434 g/mol. The van der Waals surface area contributed by atoms with Crippen molar-refractivity contribution in [2.45, 2.75) is 52.5 Å². The van der Waals surface area contributed by atoms with Gasteiger partial charge in [0, 0.05) is 18.5 Å². The van der Waals surface area contributed by atoms with E-state index in [2.05, 4.69) is 33.6 Å². The maximum atomic E-state index is 4.45. The maximum Gasteiger partial charge on any atom is 0.191 e. The third-order valence-electron chi connectivity index (χ3n) is 3.76. The smallest absolute Gasteiger partial charge is 0.191 e. The first-order valence-electron chi connectivity index (χ1n) is 7.74. The third kappa shape index (κ3) is 6.24. The lowest BCUT2D eigenvalue weighted by Crippen LogP contribution is -2.37. The zero-order chi connectivity index (χ0) is 15.1. The number of halogens is 1. The largest absolute Gasteiger partial charge is 0.356 e. The van der Waals surface area contributed by atoms with Crippen molar-refractivity contribution in [2.24, 2.45) is 4.99 Å². The second kappa shape index (κ2) is 10.2. The lowest BCUT2D eigenvalue weighted by atomic mass is 9.97. The van der Waals surface area contributed by atoms with Gasteiger partial charge in [-0.1, -0.05) is 11.6 Å². The number of aryl methyl sites for hydroxylation is 2. The van der Waals surface area contributed by atoms with Crippen molar-refractivity contribution < 1.29 is 0 Å². The van der Waals surface area contributed by atoms with Crippen LogP contribution in [0.4, 0.5) is 0 Å². The third-order valence-corrected chi connectivity index (χ3v) is 4.84. The number of nitrogens with zero attached hydrogens (tertiary/aromatic N) is 2. The molecule has 0 saturated carbocycles. The van der Waals surface area contributed by atoms with Crippen LogP contribution in [0, 0.1) is 13.8 Å². The fourth-order valence-corrected chi connectivity index (χ4v) is 3.47. The summed E-state index contributed by atoms with van der Waals surface area (Å²) in [5, 5.41) is 7.88. The Balaban J connectivity index is 0.00000242. The molecule has 1 aliphatic carbocycles. The molecule has 1 aromatic heterocycles. The van der Waals surface area contributed by atoms with Gasteiger partial charge in [-0.3, -0.25) is 4.99 Å². The van der Waals surface area contributed by atoms with E-state index in [1.807, 2.05) is 14.0 Å². The first kappa shape index (κ1) is 19.4. The molecule has 0 atom stereocenters. The van der Waals surface area contributed by atoms with Gasteiger partial charge in [0.15, 0.2) is 5.96 Å². The topological polar surface area (TPSA) is 49.3 Å². The minimum atomic E-state index is 0. The molecule has 124 valence electrons. The summed E-state index contributed by atoms with van der Waals surface area (Å²) in [6.07, 6.45) is 8.76. The number of hydrogen-bond donors (Lipinski definition) is 2. The van der Waals surface area contributed by atoms with E-state index in [1.54, 1.807) is 16.9 Å². The van der Waals surface area contributed by atoms with Crippen LogP contribution in [0.5, 0.6) is 0 Å². The van der Waals surface area contributed by atoms with Crippen LogP contribution in [-0.4, -0.2) is 24.5 Å². The van der Waals surface area contributed by atoms with Gasteiger partial charge in [0.2, 0.25) is 0 Å². The summed E-state index contributed by atoms with van der Waals surface area (Å²) in [5.41, 5.74) is 2.71. The second-order valence-electron chi connectivity index (χ2n) is 5.45. The van der Waals surface area contributed by atoms with Gasteiger partial charge in [-0.05, 0) is 46.0 Å². The van der Waals surface area contributed by atoms with E-state index in [-0.39, 0.29) is 24.0 Å².